The number of hydrogen-bond donors (Lipinski definition) is 2. The number of amides is 1. The molecule has 0 saturated carbocycles. The monoisotopic (exact) mass is 477 g/mol. The van der Waals surface area contributed by atoms with E-state index in [0.29, 0.717) is 23.3 Å². The minimum Gasteiger partial charge on any atom is -0.507 e. The second-order valence-corrected chi connectivity index (χ2v) is 7.93. The Morgan fingerprint density at radius 2 is 1.85 bits per heavy atom. The van der Waals surface area contributed by atoms with Gasteiger partial charge in [-0.15, -0.1) is 0 Å². The number of benzene rings is 1. The maximum Gasteiger partial charge on any atom is 0.342 e. The van der Waals surface area contributed by atoms with E-state index in [1.54, 1.807) is 6.92 Å². The summed E-state index contributed by atoms with van der Waals surface area (Å²) < 4.78 is 19.8. The molecule has 1 aliphatic rings. The highest BCUT2D eigenvalue weighted by atomic mass is 16.5. The Bertz CT molecular complexity index is 997. The maximum atomic E-state index is 12.4. The standard InChI is InChI=1S/C24H31NO9/c1-13(7-10-18(26)25-17(23(29)33-5)9-11-19(27)31-3)6-8-15-21(28)20-16(12-34-24(20)30)14(2)22(15)32-4/h6,17,28H,7-12H2,1-5H3,(H,25,26)/b13-6+/t17-/m1/s1. The number of fused-ring (bicyclic) bond motifs is 1. The summed E-state index contributed by atoms with van der Waals surface area (Å²) in [5, 5.41) is 13.3. The van der Waals surface area contributed by atoms with Crippen LogP contribution in [-0.4, -0.2) is 56.3 Å². The van der Waals surface area contributed by atoms with Crippen LogP contribution in [0.15, 0.2) is 11.6 Å². The van der Waals surface area contributed by atoms with Gasteiger partial charge in [-0.1, -0.05) is 11.6 Å². The van der Waals surface area contributed by atoms with Gasteiger partial charge >= 0.3 is 17.9 Å². The van der Waals surface area contributed by atoms with Crippen molar-refractivity contribution in [2.75, 3.05) is 21.3 Å². The smallest absolute Gasteiger partial charge is 0.342 e. The number of hydrogen-bond acceptors (Lipinski definition) is 9. The number of cyclic esters (lactones) is 1. The van der Waals surface area contributed by atoms with Crippen LogP contribution in [0.25, 0.3) is 0 Å². The van der Waals surface area contributed by atoms with Gasteiger partial charge in [-0.25, -0.2) is 9.59 Å². The molecule has 0 saturated heterocycles. The number of carbonyl (C=O) groups excluding carboxylic acids is 4. The number of phenolic OH excluding ortho intramolecular Hbond substituents is 1. The molecule has 186 valence electrons. The van der Waals surface area contributed by atoms with Crippen molar-refractivity contribution in [2.45, 2.75) is 58.6 Å². The predicted molar refractivity (Wildman–Crippen MR) is 120 cm³/mol. The van der Waals surface area contributed by atoms with E-state index in [2.05, 4.69) is 14.8 Å². The van der Waals surface area contributed by atoms with Crippen LogP contribution >= 0.6 is 0 Å². The first-order chi connectivity index (χ1) is 16.1. The molecule has 1 heterocycles. The fourth-order valence-corrected chi connectivity index (χ4v) is 3.74. The van der Waals surface area contributed by atoms with Gasteiger partial charge in [0.05, 0.1) is 21.3 Å². The van der Waals surface area contributed by atoms with E-state index in [9.17, 15) is 24.3 Å². The molecule has 1 aromatic carbocycles. The van der Waals surface area contributed by atoms with Crippen molar-refractivity contribution in [1.82, 2.24) is 5.32 Å². The van der Waals surface area contributed by atoms with Crippen LogP contribution in [0.1, 0.15) is 59.7 Å². The van der Waals surface area contributed by atoms with Crippen LogP contribution in [0.5, 0.6) is 11.5 Å². The van der Waals surface area contributed by atoms with Crippen LogP contribution in [-0.2, 0) is 41.6 Å². The molecule has 34 heavy (non-hydrogen) atoms. The second kappa shape index (κ2) is 12.1. The predicted octanol–water partition coefficient (Wildman–Crippen LogP) is 2.26. The van der Waals surface area contributed by atoms with Crippen LogP contribution in [0.4, 0.5) is 0 Å². The number of aromatic hydroxyl groups is 1. The lowest BCUT2D eigenvalue weighted by Gasteiger charge is -2.16. The number of carbonyl (C=O) groups is 4. The highest BCUT2D eigenvalue weighted by molar-refractivity contribution is 5.98. The summed E-state index contributed by atoms with van der Waals surface area (Å²) in [6.45, 7) is 3.74. The lowest BCUT2D eigenvalue weighted by atomic mass is 9.94. The summed E-state index contributed by atoms with van der Waals surface area (Å²) in [5.74, 6) is -1.74. The first-order valence-corrected chi connectivity index (χ1v) is 10.8. The van der Waals surface area contributed by atoms with E-state index in [4.69, 9.17) is 9.47 Å². The molecular formula is C24H31NO9. The molecule has 2 rings (SSSR count). The van der Waals surface area contributed by atoms with Crippen molar-refractivity contribution in [3.05, 3.63) is 33.9 Å². The van der Waals surface area contributed by atoms with E-state index in [-0.39, 0.29) is 49.5 Å². The quantitative estimate of drug-likeness (QED) is 0.279. The Hall–Kier alpha value is -3.56. The van der Waals surface area contributed by atoms with E-state index in [1.165, 1.54) is 21.3 Å². The zero-order valence-corrected chi connectivity index (χ0v) is 20.1. The molecular weight excluding hydrogens is 446 g/mol. The van der Waals surface area contributed by atoms with Gasteiger partial charge in [0.2, 0.25) is 5.91 Å². The van der Waals surface area contributed by atoms with Crippen molar-refractivity contribution in [1.29, 1.82) is 0 Å². The normalized spacial score (nSPS) is 13.6. The number of methoxy groups -OCH3 is 3. The van der Waals surface area contributed by atoms with Crippen molar-refractivity contribution >= 4 is 23.8 Å². The fourth-order valence-electron chi connectivity index (χ4n) is 3.74. The summed E-state index contributed by atoms with van der Waals surface area (Å²) in [6.07, 6.45) is 2.66. The number of rotatable bonds is 11. The van der Waals surface area contributed by atoms with Crippen LogP contribution in [0.2, 0.25) is 0 Å². The third-order valence-electron chi connectivity index (χ3n) is 5.73. The third-order valence-corrected chi connectivity index (χ3v) is 5.73. The Kier molecular flexibility index (Phi) is 9.47. The lowest BCUT2D eigenvalue weighted by Crippen LogP contribution is -2.41. The lowest BCUT2D eigenvalue weighted by molar-refractivity contribution is -0.146. The number of phenols is 1. The van der Waals surface area contributed by atoms with Crippen molar-refractivity contribution in [3.63, 3.8) is 0 Å². The van der Waals surface area contributed by atoms with Gasteiger partial charge in [0.15, 0.2) is 0 Å². The molecule has 0 unspecified atom stereocenters. The van der Waals surface area contributed by atoms with Gasteiger partial charge in [-0.2, -0.15) is 0 Å². The Balaban J connectivity index is 2.03. The first-order valence-electron chi connectivity index (χ1n) is 10.8. The zero-order valence-electron chi connectivity index (χ0n) is 20.1. The molecule has 10 nitrogen and oxygen atoms in total. The largest absolute Gasteiger partial charge is 0.507 e. The minimum absolute atomic E-state index is 0.0332. The molecule has 0 bridgehead atoms. The van der Waals surface area contributed by atoms with E-state index in [0.717, 1.165) is 11.1 Å². The number of allylic oxidation sites excluding steroid dienone is 2. The van der Waals surface area contributed by atoms with Gasteiger partial charge in [0.1, 0.15) is 29.7 Å². The van der Waals surface area contributed by atoms with Gasteiger partial charge < -0.3 is 29.4 Å². The molecule has 10 heteroatoms. The highest BCUT2D eigenvalue weighted by Crippen LogP contribution is 2.42. The number of esters is 3. The van der Waals surface area contributed by atoms with Crippen LogP contribution < -0.4 is 10.1 Å². The third kappa shape index (κ3) is 6.27. The first kappa shape index (κ1) is 26.7. The Morgan fingerprint density at radius 3 is 2.47 bits per heavy atom. The summed E-state index contributed by atoms with van der Waals surface area (Å²) in [7, 11) is 3.94. The molecule has 1 aromatic rings. The van der Waals surface area contributed by atoms with Gasteiger partial charge in [0.25, 0.3) is 0 Å². The molecule has 0 spiro atoms. The van der Waals surface area contributed by atoms with E-state index < -0.39 is 23.9 Å². The molecule has 0 fully saturated rings. The molecule has 1 amide bonds. The molecule has 1 aliphatic heterocycles. The van der Waals surface area contributed by atoms with Crippen LogP contribution in [0, 0.1) is 6.92 Å². The molecule has 0 aliphatic carbocycles. The average Bonchev–Trinajstić information content (AvgIpc) is 3.22. The summed E-state index contributed by atoms with van der Waals surface area (Å²) in [5.41, 5.74) is 2.85. The summed E-state index contributed by atoms with van der Waals surface area (Å²) in [4.78, 5) is 47.6. The second-order valence-electron chi connectivity index (χ2n) is 7.93. The number of ether oxygens (including phenoxy) is 4. The molecule has 2 N–H and O–H groups in total. The molecule has 0 radical (unpaired) electrons. The van der Waals surface area contributed by atoms with Crippen molar-refractivity contribution in [3.8, 4) is 11.5 Å². The van der Waals surface area contributed by atoms with Gasteiger partial charge in [-0.3, -0.25) is 9.59 Å². The van der Waals surface area contributed by atoms with E-state index >= 15 is 0 Å². The molecule has 1 atom stereocenters. The van der Waals surface area contributed by atoms with Gasteiger partial charge in [0, 0.05) is 24.0 Å². The van der Waals surface area contributed by atoms with Crippen LogP contribution in [0.3, 0.4) is 0 Å². The Labute approximate surface area is 198 Å². The minimum atomic E-state index is -0.948. The zero-order chi connectivity index (χ0) is 25.4. The van der Waals surface area contributed by atoms with E-state index in [1.807, 2.05) is 13.0 Å². The molecule has 0 aromatic heterocycles. The van der Waals surface area contributed by atoms with Crippen molar-refractivity contribution in [2.24, 2.45) is 0 Å². The van der Waals surface area contributed by atoms with Crippen molar-refractivity contribution < 1.29 is 43.2 Å². The highest BCUT2D eigenvalue weighted by Gasteiger charge is 2.31. The summed E-state index contributed by atoms with van der Waals surface area (Å²) in [6, 6.07) is -0.948. The maximum absolute atomic E-state index is 12.4. The Morgan fingerprint density at radius 1 is 1.15 bits per heavy atom. The van der Waals surface area contributed by atoms with Gasteiger partial charge in [-0.05, 0) is 38.7 Å². The number of nitrogens with one attached hydrogen (secondary N) is 1. The summed E-state index contributed by atoms with van der Waals surface area (Å²) >= 11 is 0. The SMILES string of the molecule is COC(=O)CC[C@@H](NC(=O)CC/C(C)=C/Cc1c(O)c2c(c(C)c1OC)COC2=O)C(=O)OC. The average molecular weight is 478 g/mol. The topological polar surface area (TPSA) is 137 Å². The fraction of sp³-hybridized carbons (Fsp3) is 0.500.